The molecule has 560 valence electrons. The molecule has 24 nitrogen and oxygen atoms in total. The number of aliphatic hydroxyl groups is 10. The number of rotatable bonds is 58. The van der Waals surface area contributed by atoms with Gasteiger partial charge in [-0.2, -0.15) is 0 Å². The zero-order valence-corrected chi connectivity index (χ0v) is 59.1. The molecule has 0 amide bonds. The maximum Gasteiger partial charge on any atom is 0.472 e. The molecule has 0 spiro atoms. The number of hydrogen-bond acceptors (Lipinski definition) is 23. The molecule has 18 atom stereocenters. The van der Waals surface area contributed by atoms with E-state index in [1.54, 1.807) is 0 Å². The summed E-state index contributed by atoms with van der Waals surface area (Å²) in [6, 6.07) is 0. The van der Waals surface area contributed by atoms with Gasteiger partial charge in [0, 0.05) is 19.3 Å². The summed E-state index contributed by atoms with van der Waals surface area (Å²) in [6.07, 6.45) is 8.92. The van der Waals surface area contributed by atoms with Gasteiger partial charge >= 0.3 is 25.7 Å². The Kier molecular flexibility index (Phi) is 48.5. The van der Waals surface area contributed by atoms with E-state index in [1.807, 2.05) is 0 Å². The maximum atomic E-state index is 14.3. The van der Waals surface area contributed by atoms with Gasteiger partial charge in [-0.25, -0.2) is 4.57 Å². The highest BCUT2D eigenvalue weighted by atomic mass is 31.2. The Hall–Kier alpha value is -2.04. The molecule has 18 unspecified atom stereocenters. The molecule has 1 saturated carbocycles. The van der Waals surface area contributed by atoms with E-state index >= 15 is 0 Å². The summed E-state index contributed by atoms with van der Waals surface area (Å²) in [5, 5.41) is 110. The second kappa shape index (κ2) is 52.9. The molecule has 0 bridgehead atoms. The number of phosphoric acid groups is 1. The Morgan fingerprint density at radius 3 is 1.03 bits per heavy atom. The molecule has 95 heavy (non-hydrogen) atoms. The van der Waals surface area contributed by atoms with Crippen LogP contribution in [0.5, 0.6) is 0 Å². The number of unbranched alkanes of at least 4 members (excludes halogenated alkanes) is 37. The summed E-state index contributed by atoms with van der Waals surface area (Å²) >= 11 is 0. The van der Waals surface area contributed by atoms with Crippen LogP contribution in [0.1, 0.15) is 297 Å². The summed E-state index contributed by atoms with van der Waals surface area (Å²) in [6.45, 7) is 3.45. The molecule has 1 aliphatic carbocycles. The van der Waals surface area contributed by atoms with Gasteiger partial charge in [0.1, 0.15) is 98.7 Å². The molecule has 0 aromatic heterocycles. The van der Waals surface area contributed by atoms with Crippen molar-refractivity contribution in [2.24, 2.45) is 0 Å². The van der Waals surface area contributed by atoms with Gasteiger partial charge < -0.3 is 89.1 Å². The van der Waals surface area contributed by atoms with Gasteiger partial charge in [-0.1, -0.05) is 258 Å². The molecule has 3 rings (SSSR count). The van der Waals surface area contributed by atoms with Gasteiger partial charge in [0.2, 0.25) is 0 Å². The fourth-order valence-corrected chi connectivity index (χ4v) is 13.5. The van der Waals surface area contributed by atoms with E-state index in [9.17, 15) is 74.9 Å². The van der Waals surface area contributed by atoms with Crippen molar-refractivity contribution in [2.75, 3.05) is 26.4 Å². The third kappa shape index (κ3) is 36.4. The van der Waals surface area contributed by atoms with Crippen molar-refractivity contribution >= 4 is 25.7 Å². The van der Waals surface area contributed by atoms with Crippen molar-refractivity contribution in [3.8, 4) is 0 Å². The van der Waals surface area contributed by atoms with Crippen LogP contribution < -0.4 is 0 Å². The number of carbonyl (C=O) groups is 3. The molecule has 11 N–H and O–H groups in total. The smallest absolute Gasteiger partial charge is 0.463 e. The summed E-state index contributed by atoms with van der Waals surface area (Å²) in [4.78, 5) is 50.9. The number of ether oxygens (including phenoxy) is 7. The van der Waals surface area contributed by atoms with E-state index in [4.69, 9.17) is 42.2 Å². The Balaban J connectivity index is 1.73. The normalized spacial score (nSPS) is 28.1. The molecular formula is C70H131O24P. The van der Waals surface area contributed by atoms with Crippen molar-refractivity contribution < 1.29 is 117 Å². The van der Waals surface area contributed by atoms with Crippen molar-refractivity contribution in [3.63, 3.8) is 0 Å². The minimum atomic E-state index is -5.69. The first-order valence-electron chi connectivity index (χ1n) is 37.3. The molecule has 2 heterocycles. The van der Waals surface area contributed by atoms with E-state index in [0.717, 1.165) is 96.3 Å². The molecule has 2 aliphatic heterocycles. The van der Waals surface area contributed by atoms with Gasteiger partial charge in [0.25, 0.3) is 0 Å². The van der Waals surface area contributed by atoms with Crippen LogP contribution in [0.15, 0.2) is 0 Å². The number of esters is 3. The highest BCUT2D eigenvalue weighted by Gasteiger charge is 2.58. The van der Waals surface area contributed by atoms with Crippen LogP contribution in [0.2, 0.25) is 0 Å². The predicted octanol–water partition coefficient (Wildman–Crippen LogP) is 9.79. The summed E-state index contributed by atoms with van der Waals surface area (Å²) in [5.74, 6) is -1.97. The zero-order chi connectivity index (χ0) is 69.6. The summed E-state index contributed by atoms with van der Waals surface area (Å²) in [5.41, 5.74) is 0. The number of aliphatic hydroxyl groups excluding tert-OH is 10. The number of hydrogen-bond donors (Lipinski definition) is 11. The van der Waals surface area contributed by atoms with Crippen LogP contribution in [0.4, 0.5) is 0 Å². The van der Waals surface area contributed by atoms with E-state index in [2.05, 4.69) is 20.8 Å². The fourth-order valence-electron chi connectivity index (χ4n) is 12.5. The average molecular weight is 1390 g/mol. The van der Waals surface area contributed by atoms with Crippen LogP contribution in [0.3, 0.4) is 0 Å². The summed E-state index contributed by atoms with van der Waals surface area (Å²) < 4.78 is 65.0. The second-order valence-electron chi connectivity index (χ2n) is 27.0. The highest BCUT2D eigenvalue weighted by Crippen LogP contribution is 2.49. The second-order valence-corrected chi connectivity index (χ2v) is 28.4. The molecule has 0 aromatic rings. The SMILES string of the molecule is CCCCCCCCCCCCCCCCCC(=O)OCC1OC(OC2C(O)C(O)C(O)C(OC3OC(CO)C(O)C(O)C3O)C2OP(=O)(O)OCC(COC(=O)CCCCCCCCCCCCCC)OC(=O)CCCCCCCCCCCCCCC)C(O)C(O)C1O. The van der Waals surface area contributed by atoms with Crippen molar-refractivity contribution in [3.05, 3.63) is 0 Å². The quantitative estimate of drug-likeness (QED) is 0.0117. The maximum absolute atomic E-state index is 14.3. The molecule has 2 saturated heterocycles. The van der Waals surface area contributed by atoms with Gasteiger partial charge in [-0.3, -0.25) is 23.4 Å². The molecule has 0 aromatic carbocycles. The lowest BCUT2D eigenvalue weighted by molar-refractivity contribution is -0.360. The lowest BCUT2D eigenvalue weighted by Gasteiger charge is -2.49. The first-order chi connectivity index (χ1) is 45.8. The Labute approximate surface area is 568 Å². The van der Waals surface area contributed by atoms with E-state index < -0.39 is 156 Å². The lowest BCUT2D eigenvalue weighted by atomic mass is 9.84. The Bertz CT molecular complexity index is 1980. The van der Waals surface area contributed by atoms with Crippen molar-refractivity contribution in [2.45, 2.75) is 401 Å². The third-order valence-electron chi connectivity index (χ3n) is 18.6. The van der Waals surface area contributed by atoms with Crippen molar-refractivity contribution in [1.82, 2.24) is 0 Å². The average Bonchev–Trinajstić information content (AvgIpc) is 0.764. The van der Waals surface area contributed by atoms with Gasteiger partial charge in [-0.15, -0.1) is 0 Å². The molecule has 25 heteroatoms. The van der Waals surface area contributed by atoms with Crippen molar-refractivity contribution in [1.29, 1.82) is 0 Å². The van der Waals surface area contributed by atoms with Crippen LogP contribution in [-0.4, -0.2) is 204 Å². The lowest BCUT2D eigenvalue weighted by Crippen LogP contribution is -2.69. The van der Waals surface area contributed by atoms with Crippen LogP contribution in [-0.2, 0) is 61.2 Å². The van der Waals surface area contributed by atoms with Crippen LogP contribution in [0, 0.1) is 0 Å². The Morgan fingerprint density at radius 1 is 0.368 bits per heavy atom. The monoisotopic (exact) mass is 1390 g/mol. The summed E-state index contributed by atoms with van der Waals surface area (Å²) in [7, 11) is -5.69. The van der Waals surface area contributed by atoms with Gasteiger partial charge in [0.15, 0.2) is 18.7 Å². The highest BCUT2D eigenvalue weighted by molar-refractivity contribution is 7.47. The topological polar surface area (TPSA) is 374 Å². The zero-order valence-electron chi connectivity index (χ0n) is 58.2. The first-order valence-corrected chi connectivity index (χ1v) is 38.8. The van der Waals surface area contributed by atoms with Crippen LogP contribution in [0.25, 0.3) is 0 Å². The molecular weight excluding hydrogens is 1260 g/mol. The van der Waals surface area contributed by atoms with Crippen LogP contribution >= 0.6 is 7.82 Å². The van der Waals surface area contributed by atoms with Gasteiger partial charge in [-0.05, 0) is 19.3 Å². The molecule has 3 fully saturated rings. The minimum Gasteiger partial charge on any atom is -0.463 e. The third-order valence-corrected chi connectivity index (χ3v) is 19.6. The standard InChI is InChI=1S/C70H131O24P/c1-4-7-10-13-16-19-22-25-26-28-30-33-36-39-42-45-55(73)87-50-53-58(76)60(78)65(83)70(91-53)93-67-63(81)61(79)62(80)66(92-69-64(82)59(77)57(75)52(47-71)90-69)68(67)94-95(84,85)88-49-51(48-86-54(72)44-41-38-35-32-29-24-21-18-15-12-9-6-3)89-56(74)46-43-40-37-34-31-27-23-20-17-14-11-8-5-2/h51-53,57-71,75-83H,4-50H2,1-3H3,(H,84,85). The number of phosphoric ester groups is 1. The van der Waals surface area contributed by atoms with Gasteiger partial charge in [0.05, 0.1) is 13.2 Å². The minimum absolute atomic E-state index is 0.0335. The largest absolute Gasteiger partial charge is 0.472 e. The Morgan fingerprint density at radius 2 is 0.674 bits per heavy atom. The predicted molar refractivity (Wildman–Crippen MR) is 356 cm³/mol. The molecule has 3 aliphatic rings. The number of carbonyl (C=O) groups excluding carboxylic acids is 3. The van der Waals surface area contributed by atoms with E-state index in [1.165, 1.54) is 141 Å². The molecule has 0 radical (unpaired) electrons. The van der Waals surface area contributed by atoms with E-state index in [-0.39, 0.29) is 19.3 Å². The van der Waals surface area contributed by atoms with E-state index in [0.29, 0.717) is 19.3 Å². The first kappa shape index (κ1) is 87.2. The fraction of sp³-hybridized carbons (Fsp3) is 0.957.